The molecule has 3 aromatic rings. The maximum absolute atomic E-state index is 4.66. The molecule has 1 aliphatic heterocycles. The summed E-state index contributed by atoms with van der Waals surface area (Å²) in [6, 6.07) is 6.14. The molecule has 4 rings (SSSR count). The molecule has 4 heterocycles. The number of piperidine rings is 1. The molecule has 1 aliphatic rings. The van der Waals surface area contributed by atoms with E-state index in [1.807, 2.05) is 42.5 Å². The molecule has 0 radical (unpaired) electrons. The molecule has 1 saturated heterocycles. The lowest BCUT2D eigenvalue weighted by molar-refractivity contribution is 0.198. The van der Waals surface area contributed by atoms with E-state index in [0.717, 1.165) is 30.9 Å². The Morgan fingerprint density at radius 2 is 2.08 bits per heavy atom. The number of rotatable bonds is 4. The van der Waals surface area contributed by atoms with E-state index in [1.165, 1.54) is 24.1 Å². The quantitative estimate of drug-likeness (QED) is 0.802. The lowest BCUT2D eigenvalue weighted by atomic mass is 9.94. The highest BCUT2D eigenvalue weighted by molar-refractivity contribution is 5.61. The number of hydrogen-bond donors (Lipinski definition) is 1. The highest BCUT2D eigenvalue weighted by atomic mass is 15.3. The van der Waals surface area contributed by atoms with Gasteiger partial charge in [0.25, 0.3) is 0 Å². The summed E-state index contributed by atoms with van der Waals surface area (Å²) >= 11 is 0. The number of aryl methyl sites for hydroxylation is 1. The molecule has 1 N–H and O–H groups in total. The molecule has 6 heteroatoms. The number of nitrogens with zero attached hydrogens (tertiary/aromatic N) is 5. The standard InChI is InChI=1S/C18H22N6/c1-23-11-16(18(22-23)14-4-7-19-8-5-14)13-24-10-2-3-15(12-24)17-6-9-20-21-17/h4-9,11,15H,2-3,10,12-13H2,1H3,(H,20,21). The Bertz CT molecular complexity index is 777. The summed E-state index contributed by atoms with van der Waals surface area (Å²) in [7, 11) is 1.98. The first-order valence-corrected chi connectivity index (χ1v) is 8.44. The van der Waals surface area contributed by atoms with Crippen molar-refractivity contribution in [3.05, 3.63) is 54.2 Å². The van der Waals surface area contributed by atoms with Crippen LogP contribution in [0.4, 0.5) is 0 Å². The molecule has 3 aromatic heterocycles. The molecule has 1 atom stereocenters. The average molecular weight is 322 g/mol. The third kappa shape index (κ3) is 3.10. The monoisotopic (exact) mass is 322 g/mol. The van der Waals surface area contributed by atoms with Gasteiger partial charge in [-0.25, -0.2) is 0 Å². The van der Waals surface area contributed by atoms with Crippen LogP contribution in [-0.2, 0) is 13.6 Å². The molecule has 124 valence electrons. The molecular formula is C18H22N6. The van der Waals surface area contributed by atoms with Crippen LogP contribution in [0.2, 0.25) is 0 Å². The number of aromatic nitrogens is 5. The molecule has 0 spiro atoms. The van der Waals surface area contributed by atoms with Gasteiger partial charge in [-0.2, -0.15) is 10.2 Å². The van der Waals surface area contributed by atoms with E-state index in [1.54, 1.807) is 0 Å². The van der Waals surface area contributed by atoms with Crippen LogP contribution >= 0.6 is 0 Å². The molecule has 0 aromatic carbocycles. The van der Waals surface area contributed by atoms with Crippen molar-refractivity contribution in [3.63, 3.8) is 0 Å². The molecule has 0 aliphatic carbocycles. The van der Waals surface area contributed by atoms with Crippen LogP contribution < -0.4 is 0 Å². The Labute approximate surface area is 141 Å². The van der Waals surface area contributed by atoms with Crippen molar-refractivity contribution in [2.24, 2.45) is 7.05 Å². The maximum Gasteiger partial charge on any atom is 0.0969 e. The second kappa shape index (κ2) is 6.57. The summed E-state index contributed by atoms with van der Waals surface area (Å²) in [4.78, 5) is 6.63. The predicted octanol–water partition coefficient (Wildman–Crippen LogP) is 2.58. The number of H-pyrrole nitrogens is 1. The Hall–Kier alpha value is -2.47. The first kappa shape index (κ1) is 15.1. The van der Waals surface area contributed by atoms with Crippen LogP contribution in [0.15, 0.2) is 43.0 Å². The van der Waals surface area contributed by atoms with Gasteiger partial charge < -0.3 is 0 Å². The van der Waals surface area contributed by atoms with Crippen molar-refractivity contribution < 1.29 is 0 Å². The van der Waals surface area contributed by atoms with Crippen molar-refractivity contribution in [1.82, 2.24) is 29.9 Å². The molecule has 0 amide bonds. The minimum absolute atomic E-state index is 0.544. The van der Waals surface area contributed by atoms with Crippen LogP contribution in [0.1, 0.15) is 30.0 Å². The smallest absolute Gasteiger partial charge is 0.0969 e. The number of pyridine rings is 1. The molecule has 6 nitrogen and oxygen atoms in total. The Morgan fingerprint density at radius 1 is 1.21 bits per heavy atom. The van der Waals surface area contributed by atoms with E-state index in [0.29, 0.717) is 5.92 Å². The van der Waals surface area contributed by atoms with Gasteiger partial charge in [0.15, 0.2) is 0 Å². The third-order valence-corrected chi connectivity index (χ3v) is 4.72. The maximum atomic E-state index is 4.66. The van der Waals surface area contributed by atoms with Gasteiger partial charge in [-0.05, 0) is 37.6 Å². The van der Waals surface area contributed by atoms with Crippen molar-refractivity contribution in [2.75, 3.05) is 13.1 Å². The summed E-state index contributed by atoms with van der Waals surface area (Å²) in [5.41, 5.74) is 4.71. The summed E-state index contributed by atoms with van der Waals surface area (Å²) < 4.78 is 1.90. The SMILES string of the molecule is Cn1cc(CN2CCCC(c3ccn[nH]3)C2)c(-c2ccncc2)n1. The van der Waals surface area contributed by atoms with E-state index in [4.69, 9.17) is 0 Å². The van der Waals surface area contributed by atoms with Gasteiger partial charge in [-0.15, -0.1) is 0 Å². The van der Waals surface area contributed by atoms with E-state index >= 15 is 0 Å². The van der Waals surface area contributed by atoms with Crippen molar-refractivity contribution in [1.29, 1.82) is 0 Å². The van der Waals surface area contributed by atoms with Gasteiger partial charge in [0.05, 0.1) is 5.69 Å². The van der Waals surface area contributed by atoms with Gasteiger partial charge in [-0.1, -0.05) is 0 Å². The molecule has 24 heavy (non-hydrogen) atoms. The zero-order chi connectivity index (χ0) is 16.4. The van der Waals surface area contributed by atoms with Gasteiger partial charge in [0.2, 0.25) is 0 Å². The van der Waals surface area contributed by atoms with E-state index < -0.39 is 0 Å². The van der Waals surface area contributed by atoms with E-state index in [9.17, 15) is 0 Å². The Balaban J connectivity index is 1.53. The fourth-order valence-corrected chi connectivity index (χ4v) is 3.59. The van der Waals surface area contributed by atoms with Crippen LogP contribution in [0.25, 0.3) is 11.3 Å². The number of hydrogen-bond acceptors (Lipinski definition) is 4. The predicted molar refractivity (Wildman–Crippen MR) is 92.3 cm³/mol. The highest BCUT2D eigenvalue weighted by Gasteiger charge is 2.23. The molecule has 0 saturated carbocycles. The second-order valence-electron chi connectivity index (χ2n) is 6.50. The van der Waals surface area contributed by atoms with Gasteiger partial charge in [-0.3, -0.25) is 19.7 Å². The Kier molecular flexibility index (Phi) is 4.13. The average Bonchev–Trinajstić information content (AvgIpc) is 3.26. The van der Waals surface area contributed by atoms with Crippen molar-refractivity contribution in [3.8, 4) is 11.3 Å². The summed E-state index contributed by atoms with van der Waals surface area (Å²) in [6.07, 6.45) is 10.1. The van der Waals surface area contributed by atoms with Crippen molar-refractivity contribution >= 4 is 0 Å². The van der Waals surface area contributed by atoms with Gasteiger partial charge in [0.1, 0.15) is 0 Å². The molecular weight excluding hydrogens is 300 g/mol. The zero-order valence-electron chi connectivity index (χ0n) is 13.9. The minimum Gasteiger partial charge on any atom is -0.298 e. The zero-order valence-corrected chi connectivity index (χ0v) is 13.9. The van der Waals surface area contributed by atoms with Crippen LogP contribution in [0, 0.1) is 0 Å². The Morgan fingerprint density at radius 3 is 2.88 bits per heavy atom. The fraction of sp³-hybridized carbons (Fsp3) is 0.389. The molecule has 1 unspecified atom stereocenters. The topological polar surface area (TPSA) is 62.6 Å². The number of aromatic amines is 1. The van der Waals surface area contributed by atoms with Gasteiger partial charge in [0, 0.05) is 67.7 Å². The highest BCUT2D eigenvalue weighted by Crippen LogP contribution is 2.28. The summed E-state index contributed by atoms with van der Waals surface area (Å²) in [6.45, 7) is 3.12. The largest absolute Gasteiger partial charge is 0.298 e. The first-order chi connectivity index (χ1) is 11.8. The first-order valence-electron chi connectivity index (χ1n) is 8.44. The fourth-order valence-electron chi connectivity index (χ4n) is 3.59. The van der Waals surface area contributed by atoms with Crippen LogP contribution in [0.3, 0.4) is 0 Å². The molecule has 0 bridgehead atoms. The number of nitrogens with one attached hydrogen (secondary N) is 1. The summed E-state index contributed by atoms with van der Waals surface area (Å²) in [5, 5.41) is 11.9. The summed E-state index contributed by atoms with van der Waals surface area (Å²) in [5.74, 6) is 0.544. The van der Waals surface area contributed by atoms with Crippen molar-refractivity contribution in [2.45, 2.75) is 25.3 Å². The van der Waals surface area contributed by atoms with E-state index in [-0.39, 0.29) is 0 Å². The lowest BCUT2D eigenvalue weighted by Gasteiger charge is -2.32. The second-order valence-corrected chi connectivity index (χ2v) is 6.50. The molecule has 1 fully saturated rings. The van der Waals surface area contributed by atoms with Crippen LogP contribution in [-0.4, -0.2) is 43.0 Å². The van der Waals surface area contributed by atoms with Crippen LogP contribution in [0.5, 0.6) is 0 Å². The minimum atomic E-state index is 0.544. The third-order valence-electron chi connectivity index (χ3n) is 4.72. The van der Waals surface area contributed by atoms with Gasteiger partial charge >= 0.3 is 0 Å². The number of likely N-dealkylation sites (tertiary alicyclic amines) is 1. The normalized spacial score (nSPS) is 18.8. The lowest BCUT2D eigenvalue weighted by Crippen LogP contribution is -2.34. The van der Waals surface area contributed by atoms with E-state index in [2.05, 4.69) is 37.4 Å².